The zero-order chi connectivity index (χ0) is 17.4. The molecule has 2 saturated heterocycles. The van der Waals surface area contributed by atoms with Crippen LogP contribution in [0.4, 0.5) is 0 Å². The molecule has 0 spiro atoms. The van der Waals surface area contributed by atoms with E-state index in [4.69, 9.17) is 0 Å². The summed E-state index contributed by atoms with van der Waals surface area (Å²) in [6, 6.07) is 17.8. The number of rotatable bonds is 4. The Kier molecular flexibility index (Phi) is 4.40. The molecular formula is C20H24N2O2S. The summed E-state index contributed by atoms with van der Waals surface area (Å²) in [6.45, 7) is 4.50. The fourth-order valence-electron chi connectivity index (χ4n) is 4.15. The van der Waals surface area contributed by atoms with Crippen LogP contribution in [0.1, 0.15) is 24.0 Å². The van der Waals surface area contributed by atoms with Gasteiger partial charge in [-0.2, -0.15) is 4.31 Å². The summed E-state index contributed by atoms with van der Waals surface area (Å²) in [5.74, 6) is 0. The van der Waals surface area contributed by atoms with Crippen LogP contribution in [0.3, 0.4) is 0 Å². The molecule has 5 heteroatoms. The maximum absolute atomic E-state index is 13.1. The van der Waals surface area contributed by atoms with Crippen molar-refractivity contribution in [3.63, 3.8) is 0 Å². The number of piperazine rings is 1. The lowest BCUT2D eigenvalue weighted by molar-refractivity contribution is 0.123. The number of likely N-dealkylation sites (tertiary alicyclic amines) is 1. The van der Waals surface area contributed by atoms with Gasteiger partial charge in [0.2, 0.25) is 10.0 Å². The van der Waals surface area contributed by atoms with E-state index in [-0.39, 0.29) is 12.1 Å². The van der Waals surface area contributed by atoms with Crippen molar-refractivity contribution in [3.05, 3.63) is 65.7 Å². The Morgan fingerprint density at radius 2 is 1.52 bits per heavy atom. The fourth-order valence-corrected chi connectivity index (χ4v) is 6.00. The van der Waals surface area contributed by atoms with E-state index in [1.54, 1.807) is 16.4 Å². The third-order valence-corrected chi connectivity index (χ3v) is 7.36. The summed E-state index contributed by atoms with van der Waals surface area (Å²) in [4.78, 5) is 2.82. The molecule has 0 N–H and O–H groups in total. The van der Waals surface area contributed by atoms with Crippen molar-refractivity contribution in [2.75, 3.05) is 13.1 Å². The molecule has 2 fully saturated rings. The molecule has 4 rings (SSSR count). The molecule has 2 unspecified atom stereocenters. The molecular weight excluding hydrogens is 332 g/mol. The van der Waals surface area contributed by atoms with Crippen LogP contribution in [0, 0.1) is 6.92 Å². The average Bonchev–Trinajstić information content (AvgIpc) is 2.89. The summed E-state index contributed by atoms with van der Waals surface area (Å²) >= 11 is 0. The van der Waals surface area contributed by atoms with Gasteiger partial charge in [-0.05, 0) is 37.5 Å². The second kappa shape index (κ2) is 6.56. The van der Waals surface area contributed by atoms with Crippen molar-refractivity contribution >= 4 is 10.0 Å². The molecule has 0 radical (unpaired) electrons. The maximum atomic E-state index is 13.1. The SMILES string of the molecule is Cc1ccc(S(=O)(=O)N2C3CCC2CN(Cc2ccccc2)C3)cc1. The minimum Gasteiger partial charge on any atom is -0.296 e. The topological polar surface area (TPSA) is 40.6 Å². The van der Waals surface area contributed by atoms with Gasteiger partial charge < -0.3 is 0 Å². The van der Waals surface area contributed by atoms with Gasteiger partial charge in [0.05, 0.1) is 4.90 Å². The molecule has 25 heavy (non-hydrogen) atoms. The third-order valence-electron chi connectivity index (χ3n) is 5.34. The molecule has 2 aliphatic heterocycles. The normalized spacial score (nSPS) is 24.5. The number of nitrogens with zero attached hydrogens (tertiary/aromatic N) is 2. The van der Waals surface area contributed by atoms with Crippen LogP contribution in [-0.2, 0) is 16.6 Å². The first kappa shape index (κ1) is 16.8. The molecule has 2 atom stereocenters. The van der Waals surface area contributed by atoms with Crippen molar-refractivity contribution in [3.8, 4) is 0 Å². The first-order valence-corrected chi connectivity index (χ1v) is 10.3. The fraction of sp³-hybridized carbons (Fsp3) is 0.400. The van der Waals surface area contributed by atoms with Crippen molar-refractivity contribution in [1.82, 2.24) is 9.21 Å². The molecule has 2 aliphatic rings. The highest BCUT2D eigenvalue weighted by molar-refractivity contribution is 7.89. The quantitative estimate of drug-likeness (QED) is 0.845. The average molecular weight is 356 g/mol. The van der Waals surface area contributed by atoms with Crippen molar-refractivity contribution in [1.29, 1.82) is 0 Å². The van der Waals surface area contributed by atoms with Gasteiger partial charge in [-0.3, -0.25) is 4.90 Å². The summed E-state index contributed by atoms with van der Waals surface area (Å²) in [6.07, 6.45) is 1.92. The van der Waals surface area contributed by atoms with Crippen LogP contribution in [-0.4, -0.2) is 42.8 Å². The highest BCUT2D eigenvalue weighted by atomic mass is 32.2. The number of sulfonamides is 1. The molecule has 0 amide bonds. The number of hydrogen-bond acceptors (Lipinski definition) is 3. The molecule has 2 aromatic carbocycles. The van der Waals surface area contributed by atoms with E-state index in [0.717, 1.165) is 38.0 Å². The Bertz CT molecular complexity index is 820. The van der Waals surface area contributed by atoms with Gasteiger partial charge in [-0.1, -0.05) is 48.0 Å². The molecule has 4 nitrogen and oxygen atoms in total. The zero-order valence-corrected chi connectivity index (χ0v) is 15.3. The summed E-state index contributed by atoms with van der Waals surface area (Å²) < 4.78 is 28.1. The molecule has 0 aromatic heterocycles. The second-order valence-corrected chi connectivity index (χ2v) is 9.06. The van der Waals surface area contributed by atoms with Crippen LogP contribution in [0.15, 0.2) is 59.5 Å². The Morgan fingerprint density at radius 3 is 2.12 bits per heavy atom. The summed E-state index contributed by atoms with van der Waals surface area (Å²) in [5.41, 5.74) is 2.37. The van der Waals surface area contributed by atoms with E-state index in [2.05, 4.69) is 29.2 Å². The van der Waals surface area contributed by atoms with E-state index in [0.29, 0.717) is 4.90 Å². The largest absolute Gasteiger partial charge is 0.296 e. The summed E-state index contributed by atoms with van der Waals surface area (Å²) in [5, 5.41) is 0. The van der Waals surface area contributed by atoms with Gasteiger partial charge in [0.25, 0.3) is 0 Å². The Morgan fingerprint density at radius 1 is 0.920 bits per heavy atom. The van der Waals surface area contributed by atoms with E-state index in [9.17, 15) is 8.42 Å². The number of fused-ring (bicyclic) bond motifs is 2. The van der Waals surface area contributed by atoms with Crippen molar-refractivity contribution in [2.24, 2.45) is 0 Å². The summed E-state index contributed by atoms with van der Waals surface area (Å²) in [7, 11) is -3.40. The Hall–Kier alpha value is -1.69. The van der Waals surface area contributed by atoms with Gasteiger partial charge in [0.1, 0.15) is 0 Å². The lowest BCUT2D eigenvalue weighted by Crippen LogP contribution is -2.55. The zero-order valence-electron chi connectivity index (χ0n) is 14.5. The van der Waals surface area contributed by atoms with Crippen LogP contribution in [0.25, 0.3) is 0 Å². The maximum Gasteiger partial charge on any atom is 0.243 e. The third kappa shape index (κ3) is 3.24. The monoisotopic (exact) mass is 356 g/mol. The van der Waals surface area contributed by atoms with Crippen LogP contribution < -0.4 is 0 Å². The molecule has 2 bridgehead atoms. The Labute approximate surface area is 150 Å². The number of benzene rings is 2. The van der Waals surface area contributed by atoms with Crippen LogP contribution in [0.2, 0.25) is 0 Å². The second-order valence-electron chi connectivity index (χ2n) is 7.21. The molecule has 0 saturated carbocycles. The van der Waals surface area contributed by atoms with E-state index in [1.165, 1.54) is 5.56 Å². The Balaban J connectivity index is 1.53. The van der Waals surface area contributed by atoms with Gasteiger partial charge in [0.15, 0.2) is 0 Å². The minimum absolute atomic E-state index is 0.0914. The van der Waals surface area contributed by atoms with Gasteiger partial charge in [0, 0.05) is 31.7 Å². The van der Waals surface area contributed by atoms with Gasteiger partial charge in [-0.15, -0.1) is 0 Å². The number of hydrogen-bond donors (Lipinski definition) is 0. The van der Waals surface area contributed by atoms with Crippen LogP contribution >= 0.6 is 0 Å². The van der Waals surface area contributed by atoms with E-state index < -0.39 is 10.0 Å². The van der Waals surface area contributed by atoms with E-state index in [1.807, 2.05) is 25.1 Å². The lowest BCUT2D eigenvalue weighted by Gasteiger charge is -2.40. The minimum atomic E-state index is -3.40. The highest BCUT2D eigenvalue weighted by Crippen LogP contribution is 2.35. The smallest absolute Gasteiger partial charge is 0.243 e. The first-order valence-electron chi connectivity index (χ1n) is 8.90. The van der Waals surface area contributed by atoms with Gasteiger partial charge in [-0.25, -0.2) is 8.42 Å². The standard InChI is InChI=1S/C20H24N2O2S/c1-16-7-11-20(12-8-16)25(23,24)22-18-9-10-19(22)15-21(14-18)13-17-5-3-2-4-6-17/h2-8,11-12,18-19H,9-10,13-15H2,1H3. The predicted octanol–water partition coefficient (Wildman–Crippen LogP) is 3.03. The first-order chi connectivity index (χ1) is 12.0. The van der Waals surface area contributed by atoms with Crippen molar-refractivity contribution < 1.29 is 8.42 Å². The molecule has 0 aliphatic carbocycles. The van der Waals surface area contributed by atoms with Gasteiger partial charge >= 0.3 is 0 Å². The highest BCUT2D eigenvalue weighted by Gasteiger charge is 2.46. The predicted molar refractivity (Wildman–Crippen MR) is 98.7 cm³/mol. The van der Waals surface area contributed by atoms with Crippen molar-refractivity contribution in [2.45, 2.75) is 43.3 Å². The molecule has 132 valence electrons. The molecule has 2 aromatic rings. The molecule has 2 heterocycles. The lowest BCUT2D eigenvalue weighted by atomic mass is 10.1. The number of aryl methyl sites for hydroxylation is 1. The van der Waals surface area contributed by atoms with Crippen LogP contribution in [0.5, 0.6) is 0 Å². The van der Waals surface area contributed by atoms with E-state index >= 15 is 0 Å².